The molecule has 2 N–H and O–H groups in total. The number of amides is 2. The second-order valence-corrected chi connectivity index (χ2v) is 11.0. The molecule has 9 heteroatoms. The fourth-order valence-corrected chi connectivity index (χ4v) is 4.53. The van der Waals surface area contributed by atoms with E-state index >= 15 is 0 Å². The summed E-state index contributed by atoms with van der Waals surface area (Å²) in [6.45, 7) is 8.73. The zero-order valence-electron chi connectivity index (χ0n) is 23.6. The highest BCUT2D eigenvalue weighted by Crippen LogP contribution is 2.28. The van der Waals surface area contributed by atoms with Gasteiger partial charge in [0, 0.05) is 48.9 Å². The predicted octanol–water partition coefficient (Wildman–Crippen LogP) is 4.32. The highest BCUT2D eigenvalue weighted by atomic mass is 16.5. The topological polar surface area (TPSA) is 101 Å². The summed E-state index contributed by atoms with van der Waals surface area (Å²) < 4.78 is 7.29. The van der Waals surface area contributed by atoms with Crippen molar-refractivity contribution >= 4 is 29.0 Å². The van der Waals surface area contributed by atoms with Crippen LogP contribution in [-0.4, -0.2) is 63.9 Å². The summed E-state index contributed by atoms with van der Waals surface area (Å²) in [5.41, 5.74) is 4.80. The van der Waals surface area contributed by atoms with Gasteiger partial charge in [-0.15, -0.1) is 0 Å². The smallest absolute Gasteiger partial charge is 0.255 e. The van der Waals surface area contributed by atoms with Crippen molar-refractivity contribution in [1.82, 2.24) is 24.6 Å². The van der Waals surface area contributed by atoms with Gasteiger partial charge in [0.05, 0.1) is 37.4 Å². The van der Waals surface area contributed by atoms with E-state index in [1.165, 1.54) is 0 Å². The number of nitrogens with zero attached hydrogens (tertiary/aromatic N) is 4. The van der Waals surface area contributed by atoms with Gasteiger partial charge in [0.1, 0.15) is 5.82 Å². The first-order chi connectivity index (χ1) is 19.7. The number of pyridine rings is 2. The Bertz CT molecular complexity index is 1600. The van der Waals surface area contributed by atoms with E-state index < -0.39 is 0 Å². The Kier molecular flexibility index (Phi) is 8.31. The number of fused-ring (bicyclic) bond motifs is 1. The van der Waals surface area contributed by atoms with Crippen molar-refractivity contribution in [3.63, 3.8) is 0 Å². The molecule has 210 valence electrons. The van der Waals surface area contributed by atoms with Crippen LogP contribution in [0, 0.1) is 17.3 Å². The number of aromatic nitrogens is 3. The highest BCUT2D eigenvalue weighted by molar-refractivity contribution is 5.94. The molecule has 5 rings (SSSR count). The van der Waals surface area contributed by atoms with Gasteiger partial charge >= 0.3 is 0 Å². The number of hydrogen-bond acceptors (Lipinski definition) is 6. The average Bonchev–Trinajstić information content (AvgIpc) is 3.45. The van der Waals surface area contributed by atoms with E-state index in [4.69, 9.17) is 4.74 Å². The lowest BCUT2D eigenvalue weighted by molar-refractivity contribution is -0.120. The van der Waals surface area contributed by atoms with Crippen molar-refractivity contribution in [3.8, 4) is 23.0 Å². The Hall–Kier alpha value is -4.68. The molecule has 0 atom stereocenters. The molecule has 1 aliphatic rings. The minimum absolute atomic E-state index is 0.0450. The molecule has 1 aromatic carbocycles. The SMILES string of the molecule is CC(C)(C)C#CCNC(=O)Cc1cccc(-c2cc(Nc3ccc(C(=O)N4CCOCC4)cn3)c3nccn3c2)c1. The lowest BCUT2D eigenvalue weighted by atomic mass is 9.98. The molecule has 1 saturated heterocycles. The van der Waals surface area contributed by atoms with Gasteiger partial charge in [-0.3, -0.25) is 9.59 Å². The van der Waals surface area contributed by atoms with Gasteiger partial charge in [0.15, 0.2) is 5.65 Å². The number of ether oxygens (including phenoxy) is 1. The minimum atomic E-state index is -0.0926. The molecule has 3 aromatic heterocycles. The summed E-state index contributed by atoms with van der Waals surface area (Å²) in [5, 5.41) is 6.24. The Morgan fingerprint density at radius 1 is 1.05 bits per heavy atom. The molecule has 4 heterocycles. The van der Waals surface area contributed by atoms with Crippen LogP contribution in [0.15, 0.2) is 67.3 Å². The van der Waals surface area contributed by atoms with Crippen molar-refractivity contribution in [3.05, 3.63) is 78.4 Å². The van der Waals surface area contributed by atoms with E-state index in [0.717, 1.165) is 28.0 Å². The first-order valence-electron chi connectivity index (χ1n) is 13.7. The molecular formula is C32H34N6O3. The number of benzene rings is 1. The number of carbonyl (C=O) groups is 2. The van der Waals surface area contributed by atoms with Crippen molar-refractivity contribution < 1.29 is 14.3 Å². The molecule has 9 nitrogen and oxygen atoms in total. The maximum absolute atomic E-state index is 12.8. The van der Waals surface area contributed by atoms with Crippen molar-refractivity contribution in [2.75, 3.05) is 38.2 Å². The van der Waals surface area contributed by atoms with E-state index in [2.05, 4.69) is 32.4 Å². The number of anilines is 2. The van der Waals surface area contributed by atoms with E-state index in [9.17, 15) is 9.59 Å². The molecule has 2 amide bonds. The quantitative estimate of drug-likeness (QED) is 0.333. The molecule has 1 fully saturated rings. The van der Waals surface area contributed by atoms with Gasteiger partial charge < -0.3 is 24.7 Å². The van der Waals surface area contributed by atoms with Crippen LogP contribution in [-0.2, 0) is 16.0 Å². The zero-order chi connectivity index (χ0) is 28.8. The predicted molar refractivity (Wildman–Crippen MR) is 159 cm³/mol. The normalized spacial score (nSPS) is 13.4. The summed E-state index contributed by atoms with van der Waals surface area (Å²) in [6.07, 6.45) is 7.49. The van der Waals surface area contributed by atoms with Crippen LogP contribution in [0.1, 0.15) is 36.7 Å². The Balaban J connectivity index is 1.31. The number of morpholine rings is 1. The molecule has 0 unspecified atom stereocenters. The molecule has 1 aliphatic heterocycles. The second kappa shape index (κ2) is 12.2. The van der Waals surface area contributed by atoms with Crippen LogP contribution < -0.4 is 10.6 Å². The number of imidazole rings is 1. The molecule has 0 saturated carbocycles. The van der Waals surface area contributed by atoms with Gasteiger partial charge in [0.2, 0.25) is 5.91 Å². The van der Waals surface area contributed by atoms with Crippen LogP contribution in [0.3, 0.4) is 0 Å². The Labute approximate surface area is 240 Å². The van der Waals surface area contributed by atoms with E-state index in [-0.39, 0.29) is 23.7 Å². The lowest BCUT2D eigenvalue weighted by Gasteiger charge is -2.26. The zero-order valence-corrected chi connectivity index (χ0v) is 23.6. The van der Waals surface area contributed by atoms with Crippen LogP contribution in [0.4, 0.5) is 11.5 Å². The summed E-state index contributed by atoms with van der Waals surface area (Å²) in [7, 11) is 0. The third-order valence-corrected chi connectivity index (χ3v) is 6.52. The molecule has 4 aromatic rings. The fraction of sp³-hybridized carbons (Fsp3) is 0.312. The average molecular weight is 551 g/mol. The van der Waals surface area contributed by atoms with E-state index in [1.54, 1.807) is 29.4 Å². The molecule has 0 radical (unpaired) electrons. The third kappa shape index (κ3) is 7.29. The largest absolute Gasteiger partial charge is 0.378 e. The van der Waals surface area contributed by atoms with Gasteiger partial charge in [-0.05, 0) is 50.1 Å². The number of carbonyl (C=O) groups excluding carboxylic acids is 2. The first kappa shape index (κ1) is 27.9. The first-order valence-corrected chi connectivity index (χ1v) is 13.7. The highest BCUT2D eigenvalue weighted by Gasteiger charge is 2.19. The maximum Gasteiger partial charge on any atom is 0.255 e. The summed E-state index contributed by atoms with van der Waals surface area (Å²) >= 11 is 0. The van der Waals surface area contributed by atoms with E-state index in [1.807, 2.05) is 67.9 Å². The van der Waals surface area contributed by atoms with Crippen LogP contribution in [0.25, 0.3) is 16.8 Å². The Morgan fingerprint density at radius 2 is 1.88 bits per heavy atom. The van der Waals surface area contributed by atoms with Crippen molar-refractivity contribution in [2.24, 2.45) is 5.41 Å². The monoisotopic (exact) mass is 550 g/mol. The Morgan fingerprint density at radius 3 is 2.63 bits per heavy atom. The standard InChI is InChI=1S/C32H34N6O3/c1-32(2,3)10-5-11-33-29(39)19-23-6-4-7-24(18-23)26-20-27(30-34-12-13-38(30)22-26)36-28-9-8-25(21-35-28)31(40)37-14-16-41-17-15-37/h4,6-9,12-13,18,20-22H,11,14-17,19H2,1-3H3,(H,33,39)(H,35,36). The van der Waals surface area contributed by atoms with Crippen molar-refractivity contribution in [1.29, 1.82) is 0 Å². The fourth-order valence-electron chi connectivity index (χ4n) is 4.53. The number of rotatable bonds is 7. The number of nitrogens with one attached hydrogen (secondary N) is 2. The third-order valence-electron chi connectivity index (χ3n) is 6.52. The van der Waals surface area contributed by atoms with Crippen molar-refractivity contribution in [2.45, 2.75) is 27.2 Å². The second-order valence-electron chi connectivity index (χ2n) is 11.0. The van der Waals surface area contributed by atoms with Gasteiger partial charge in [0.25, 0.3) is 5.91 Å². The molecule has 0 aliphatic carbocycles. The van der Waals surface area contributed by atoms with Gasteiger partial charge in [-0.25, -0.2) is 9.97 Å². The minimum Gasteiger partial charge on any atom is -0.378 e. The summed E-state index contributed by atoms with van der Waals surface area (Å²) in [4.78, 5) is 36.0. The molecular weight excluding hydrogens is 516 g/mol. The van der Waals surface area contributed by atoms with Crippen LogP contribution in [0.5, 0.6) is 0 Å². The summed E-state index contributed by atoms with van der Waals surface area (Å²) in [5.74, 6) is 6.63. The summed E-state index contributed by atoms with van der Waals surface area (Å²) in [6, 6.07) is 13.5. The number of hydrogen-bond donors (Lipinski definition) is 2. The molecule has 0 spiro atoms. The van der Waals surface area contributed by atoms with Gasteiger partial charge in [-0.1, -0.05) is 36.1 Å². The molecule has 0 bridgehead atoms. The maximum atomic E-state index is 12.8. The van der Waals surface area contributed by atoms with Crippen LogP contribution >= 0.6 is 0 Å². The van der Waals surface area contributed by atoms with Gasteiger partial charge in [-0.2, -0.15) is 0 Å². The lowest BCUT2D eigenvalue weighted by Crippen LogP contribution is -2.40. The molecule has 41 heavy (non-hydrogen) atoms. The van der Waals surface area contributed by atoms with Crippen LogP contribution in [0.2, 0.25) is 0 Å². The van der Waals surface area contributed by atoms with E-state index in [0.29, 0.717) is 44.2 Å².